The van der Waals surface area contributed by atoms with Crippen LogP contribution in [0.2, 0.25) is 0 Å². The first-order valence-electron chi connectivity index (χ1n) is 6.71. The Labute approximate surface area is 126 Å². The Morgan fingerprint density at radius 3 is 2.91 bits per heavy atom. The van der Waals surface area contributed by atoms with Crippen molar-refractivity contribution in [3.05, 3.63) is 36.4 Å². The summed E-state index contributed by atoms with van der Waals surface area (Å²) in [5.74, 6) is 1.78. The van der Waals surface area contributed by atoms with Gasteiger partial charge in [0.25, 0.3) is 5.88 Å². The second-order valence-corrected chi connectivity index (χ2v) is 4.53. The van der Waals surface area contributed by atoms with E-state index in [1.165, 1.54) is 0 Å². The highest BCUT2D eigenvalue weighted by Crippen LogP contribution is 2.20. The average Bonchev–Trinajstić information content (AvgIpc) is 3.17. The van der Waals surface area contributed by atoms with E-state index in [0.29, 0.717) is 30.6 Å². The van der Waals surface area contributed by atoms with Crippen LogP contribution in [-0.2, 0) is 6.54 Å². The minimum atomic E-state index is 0.409. The van der Waals surface area contributed by atoms with E-state index < -0.39 is 0 Å². The largest absolute Gasteiger partial charge is 0.481 e. The van der Waals surface area contributed by atoms with Gasteiger partial charge in [-0.25, -0.2) is 14.6 Å². The lowest BCUT2D eigenvalue weighted by Gasteiger charge is -2.09. The van der Waals surface area contributed by atoms with E-state index in [-0.39, 0.29) is 0 Å². The molecule has 3 rings (SSSR count). The monoisotopic (exact) mass is 301 g/mol. The fourth-order valence-electron chi connectivity index (χ4n) is 2.01. The first-order chi connectivity index (χ1) is 10.8. The molecule has 0 aliphatic carbocycles. The summed E-state index contributed by atoms with van der Waals surface area (Å²) in [7, 11) is 1.58. The minimum absolute atomic E-state index is 0.409. The zero-order valence-electron chi connectivity index (χ0n) is 12.3. The number of aryl methyl sites for hydroxylation is 1. The smallest absolute Gasteiger partial charge is 0.278 e. The molecular weight excluding hydrogens is 286 g/mol. The maximum atomic E-state index is 5.53. The number of nitrogens with zero attached hydrogens (tertiary/aromatic N) is 5. The lowest BCUT2D eigenvalue weighted by atomic mass is 10.2. The van der Waals surface area contributed by atoms with Gasteiger partial charge in [0.2, 0.25) is 5.88 Å². The summed E-state index contributed by atoms with van der Waals surface area (Å²) in [5.41, 5.74) is 1.56. The van der Waals surface area contributed by atoms with Crippen LogP contribution in [0.25, 0.3) is 11.4 Å². The van der Waals surface area contributed by atoms with E-state index in [9.17, 15) is 0 Å². The van der Waals surface area contributed by atoms with Gasteiger partial charge in [0, 0.05) is 30.2 Å². The standard InChI is InChI=1S/C14H15N5O3/c1-10-14(18-22-17-10)21-8-7-19-6-5-16-13(19)11-3-4-15-12(9-11)20-2/h3-6,9H,7-8H2,1-2H3. The Balaban J connectivity index is 1.70. The van der Waals surface area contributed by atoms with Gasteiger partial charge in [-0.15, -0.1) is 0 Å². The first-order valence-corrected chi connectivity index (χ1v) is 6.71. The van der Waals surface area contributed by atoms with Crippen LogP contribution in [0.5, 0.6) is 11.8 Å². The Bertz CT molecular complexity index is 752. The summed E-state index contributed by atoms with van der Waals surface area (Å²) in [5, 5.41) is 7.35. The lowest BCUT2D eigenvalue weighted by molar-refractivity contribution is 0.248. The molecule has 0 saturated carbocycles. The number of hydrogen-bond donors (Lipinski definition) is 0. The van der Waals surface area contributed by atoms with Gasteiger partial charge < -0.3 is 14.0 Å². The van der Waals surface area contributed by atoms with Gasteiger partial charge in [0.15, 0.2) is 0 Å². The van der Waals surface area contributed by atoms with Crippen LogP contribution >= 0.6 is 0 Å². The highest BCUT2D eigenvalue weighted by molar-refractivity contribution is 5.56. The van der Waals surface area contributed by atoms with E-state index in [2.05, 4.69) is 24.9 Å². The third kappa shape index (κ3) is 2.90. The molecule has 0 radical (unpaired) electrons. The zero-order valence-corrected chi connectivity index (χ0v) is 12.3. The van der Waals surface area contributed by atoms with Crippen molar-refractivity contribution >= 4 is 0 Å². The highest BCUT2D eigenvalue weighted by Gasteiger charge is 2.09. The van der Waals surface area contributed by atoms with Crippen LogP contribution in [0.1, 0.15) is 5.69 Å². The number of pyridine rings is 1. The van der Waals surface area contributed by atoms with E-state index in [1.54, 1.807) is 26.4 Å². The Morgan fingerprint density at radius 1 is 1.23 bits per heavy atom. The van der Waals surface area contributed by atoms with Crippen molar-refractivity contribution in [3.8, 4) is 23.1 Å². The van der Waals surface area contributed by atoms with Gasteiger partial charge >= 0.3 is 0 Å². The third-order valence-corrected chi connectivity index (χ3v) is 3.10. The summed E-state index contributed by atoms with van der Waals surface area (Å²) in [6, 6.07) is 3.72. The molecule has 0 fully saturated rings. The molecule has 0 saturated heterocycles. The molecule has 114 valence electrons. The molecule has 0 N–H and O–H groups in total. The number of ether oxygens (including phenoxy) is 2. The van der Waals surface area contributed by atoms with Crippen molar-refractivity contribution in [2.45, 2.75) is 13.5 Å². The van der Waals surface area contributed by atoms with E-state index >= 15 is 0 Å². The molecule has 0 aliphatic heterocycles. The van der Waals surface area contributed by atoms with Crippen LogP contribution in [-0.4, -0.2) is 38.6 Å². The first kappa shape index (κ1) is 14.1. The van der Waals surface area contributed by atoms with Crippen molar-refractivity contribution in [3.63, 3.8) is 0 Å². The van der Waals surface area contributed by atoms with E-state index in [0.717, 1.165) is 11.4 Å². The zero-order chi connectivity index (χ0) is 15.4. The molecule has 3 aromatic rings. The van der Waals surface area contributed by atoms with Gasteiger partial charge in [-0.2, -0.15) is 0 Å². The molecule has 3 heterocycles. The molecule has 3 aromatic heterocycles. The molecule has 8 nitrogen and oxygen atoms in total. The van der Waals surface area contributed by atoms with Crippen LogP contribution in [0.15, 0.2) is 35.4 Å². The van der Waals surface area contributed by atoms with Gasteiger partial charge in [-0.05, 0) is 18.1 Å². The summed E-state index contributed by atoms with van der Waals surface area (Å²) >= 11 is 0. The van der Waals surface area contributed by atoms with Gasteiger partial charge in [-0.1, -0.05) is 5.16 Å². The average molecular weight is 301 g/mol. The number of imidazole rings is 1. The molecule has 0 unspecified atom stereocenters. The van der Waals surface area contributed by atoms with E-state index in [4.69, 9.17) is 9.47 Å². The molecule has 0 aliphatic rings. The normalized spacial score (nSPS) is 10.6. The molecule has 0 atom stereocenters. The molecule has 0 aromatic carbocycles. The van der Waals surface area contributed by atoms with Crippen molar-refractivity contribution < 1.29 is 14.1 Å². The quantitative estimate of drug-likeness (QED) is 0.685. The topological polar surface area (TPSA) is 88.1 Å². The van der Waals surface area contributed by atoms with Crippen LogP contribution < -0.4 is 9.47 Å². The van der Waals surface area contributed by atoms with Crippen LogP contribution in [0, 0.1) is 6.92 Å². The highest BCUT2D eigenvalue weighted by atomic mass is 16.6. The molecule has 22 heavy (non-hydrogen) atoms. The second-order valence-electron chi connectivity index (χ2n) is 4.53. The summed E-state index contributed by atoms with van der Waals surface area (Å²) < 4.78 is 17.2. The fraction of sp³-hybridized carbons (Fsp3) is 0.286. The maximum Gasteiger partial charge on any atom is 0.278 e. The summed E-state index contributed by atoms with van der Waals surface area (Å²) in [6.07, 6.45) is 5.32. The summed E-state index contributed by atoms with van der Waals surface area (Å²) in [4.78, 5) is 8.47. The Hall–Kier alpha value is -2.90. The fourth-order valence-corrected chi connectivity index (χ4v) is 2.01. The predicted octanol–water partition coefficient (Wildman–Crippen LogP) is 1.72. The van der Waals surface area contributed by atoms with Crippen molar-refractivity contribution in [2.75, 3.05) is 13.7 Å². The third-order valence-electron chi connectivity index (χ3n) is 3.10. The van der Waals surface area contributed by atoms with Crippen molar-refractivity contribution in [2.24, 2.45) is 0 Å². The Morgan fingerprint density at radius 2 is 2.14 bits per heavy atom. The molecule has 8 heteroatoms. The summed E-state index contributed by atoms with van der Waals surface area (Å²) in [6.45, 7) is 2.82. The van der Waals surface area contributed by atoms with Gasteiger partial charge in [0.1, 0.15) is 18.1 Å². The molecular formula is C14H15N5O3. The second kappa shape index (κ2) is 6.25. The number of methoxy groups -OCH3 is 1. The number of aromatic nitrogens is 5. The van der Waals surface area contributed by atoms with Crippen LogP contribution in [0.3, 0.4) is 0 Å². The van der Waals surface area contributed by atoms with Crippen molar-refractivity contribution in [1.29, 1.82) is 0 Å². The van der Waals surface area contributed by atoms with Gasteiger partial charge in [-0.3, -0.25) is 0 Å². The SMILES string of the molecule is COc1cc(-c2nccn2CCOc2nonc2C)ccn1. The van der Waals surface area contributed by atoms with Gasteiger partial charge in [0.05, 0.1) is 13.7 Å². The minimum Gasteiger partial charge on any atom is -0.481 e. The van der Waals surface area contributed by atoms with Crippen LogP contribution in [0.4, 0.5) is 0 Å². The Kier molecular flexibility index (Phi) is 3.99. The predicted molar refractivity (Wildman–Crippen MR) is 76.5 cm³/mol. The van der Waals surface area contributed by atoms with E-state index in [1.807, 2.05) is 22.9 Å². The van der Waals surface area contributed by atoms with Crippen molar-refractivity contribution in [1.82, 2.24) is 24.8 Å². The number of hydrogen-bond acceptors (Lipinski definition) is 7. The molecule has 0 amide bonds. The molecule has 0 bridgehead atoms. The lowest BCUT2D eigenvalue weighted by Crippen LogP contribution is -2.09. The maximum absolute atomic E-state index is 5.53. The number of rotatable bonds is 6. The molecule has 0 spiro atoms.